The number of nitrogens with one attached hydrogen (secondary N) is 1. The molecule has 4 aromatic rings. The van der Waals surface area contributed by atoms with E-state index in [1.165, 1.54) is 36.4 Å². The standard InChI is InChI=1S/C26H29N7/c1-25(2,3)19-7-17(23-29-13-27-14-30-23)9-21(11-19)33-22-10-18(24-31-15-28-16-32-24)8-20(12-22)26(4,5)6/h7-16,33H,1-6H3. The molecule has 4 rings (SSSR count). The van der Waals surface area contributed by atoms with Crippen molar-refractivity contribution < 1.29 is 0 Å². The molecule has 0 bridgehead atoms. The van der Waals surface area contributed by atoms with Crippen LogP contribution in [0.15, 0.2) is 61.7 Å². The van der Waals surface area contributed by atoms with Gasteiger partial charge in [0, 0.05) is 22.5 Å². The van der Waals surface area contributed by atoms with Gasteiger partial charge in [0.15, 0.2) is 11.6 Å². The first-order valence-corrected chi connectivity index (χ1v) is 10.9. The van der Waals surface area contributed by atoms with Crippen LogP contribution in [-0.2, 0) is 10.8 Å². The quantitative estimate of drug-likeness (QED) is 0.434. The first kappa shape index (κ1) is 22.5. The second-order valence-electron chi connectivity index (χ2n) is 10.1. The molecule has 0 aliphatic carbocycles. The van der Waals surface area contributed by atoms with Gasteiger partial charge in [-0.15, -0.1) is 0 Å². The van der Waals surface area contributed by atoms with Crippen LogP contribution in [0.25, 0.3) is 22.8 Å². The van der Waals surface area contributed by atoms with Crippen LogP contribution >= 0.6 is 0 Å². The van der Waals surface area contributed by atoms with Crippen molar-refractivity contribution >= 4 is 11.4 Å². The van der Waals surface area contributed by atoms with E-state index in [0.29, 0.717) is 11.6 Å². The number of hydrogen-bond acceptors (Lipinski definition) is 7. The third kappa shape index (κ3) is 5.37. The van der Waals surface area contributed by atoms with E-state index in [1.807, 2.05) is 0 Å². The van der Waals surface area contributed by atoms with Gasteiger partial charge in [0.25, 0.3) is 0 Å². The number of rotatable bonds is 4. The highest BCUT2D eigenvalue weighted by atomic mass is 15.0. The number of anilines is 2. The highest BCUT2D eigenvalue weighted by molar-refractivity contribution is 5.72. The molecule has 0 fully saturated rings. The second-order valence-corrected chi connectivity index (χ2v) is 10.1. The van der Waals surface area contributed by atoms with Gasteiger partial charge in [-0.3, -0.25) is 0 Å². The van der Waals surface area contributed by atoms with E-state index in [9.17, 15) is 0 Å². The molecule has 0 atom stereocenters. The summed E-state index contributed by atoms with van der Waals surface area (Å²) in [6, 6.07) is 12.8. The van der Waals surface area contributed by atoms with E-state index in [-0.39, 0.29) is 10.8 Å². The molecule has 2 heterocycles. The summed E-state index contributed by atoms with van der Waals surface area (Å²) in [6.45, 7) is 13.2. The van der Waals surface area contributed by atoms with E-state index in [2.05, 4.69) is 113 Å². The Balaban J connectivity index is 1.81. The molecule has 0 saturated heterocycles. The van der Waals surface area contributed by atoms with Crippen LogP contribution in [-0.4, -0.2) is 29.9 Å². The van der Waals surface area contributed by atoms with Gasteiger partial charge in [-0.2, -0.15) is 0 Å². The fourth-order valence-corrected chi connectivity index (χ4v) is 3.47. The Morgan fingerprint density at radius 1 is 0.515 bits per heavy atom. The lowest BCUT2D eigenvalue weighted by molar-refractivity contribution is 0.590. The Kier molecular flexibility index (Phi) is 5.89. The molecule has 0 radical (unpaired) electrons. The molecule has 0 spiro atoms. The zero-order valence-corrected chi connectivity index (χ0v) is 20.0. The van der Waals surface area contributed by atoms with Crippen molar-refractivity contribution in [3.8, 4) is 22.8 Å². The summed E-state index contributed by atoms with van der Waals surface area (Å²) in [5.41, 5.74) is 6.11. The summed E-state index contributed by atoms with van der Waals surface area (Å²) >= 11 is 0. The van der Waals surface area contributed by atoms with Crippen molar-refractivity contribution in [2.45, 2.75) is 52.4 Å². The van der Waals surface area contributed by atoms with Crippen molar-refractivity contribution in [3.63, 3.8) is 0 Å². The maximum atomic E-state index is 4.35. The molecule has 0 saturated carbocycles. The number of benzene rings is 2. The fourth-order valence-electron chi connectivity index (χ4n) is 3.47. The second kappa shape index (κ2) is 8.65. The minimum atomic E-state index is -0.0389. The zero-order valence-electron chi connectivity index (χ0n) is 20.0. The Bertz CT molecular complexity index is 1140. The van der Waals surface area contributed by atoms with E-state index >= 15 is 0 Å². The summed E-state index contributed by atoms with van der Waals surface area (Å²) in [5, 5.41) is 3.61. The van der Waals surface area contributed by atoms with Crippen molar-refractivity contribution in [3.05, 3.63) is 72.8 Å². The van der Waals surface area contributed by atoms with Crippen LogP contribution in [0, 0.1) is 0 Å². The third-order valence-corrected chi connectivity index (χ3v) is 5.39. The zero-order chi connectivity index (χ0) is 23.6. The Morgan fingerprint density at radius 3 is 1.21 bits per heavy atom. The van der Waals surface area contributed by atoms with Crippen molar-refractivity contribution in [1.82, 2.24) is 29.9 Å². The van der Waals surface area contributed by atoms with Crippen molar-refractivity contribution in [1.29, 1.82) is 0 Å². The first-order chi connectivity index (χ1) is 15.6. The Morgan fingerprint density at radius 2 is 0.879 bits per heavy atom. The maximum absolute atomic E-state index is 4.35. The molecule has 168 valence electrons. The van der Waals surface area contributed by atoms with Crippen LogP contribution in [0.3, 0.4) is 0 Å². The molecule has 0 unspecified atom stereocenters. The van der Waals surface area contributed by atoms with Gasteiger partial charge < -0.3 is 5.32 Å². The third-order valence-electron chi connectivity index (χ3n) is 5.39. The number of aromatic nitrogens is 6. The van der Waals surface area contributed by atoms with Gasteiger partial charge in [0.05, 0.1) is 0 Å². The van der Waals surface area contributed by atoms with Crippen molar-refractivity contribution in [2.75, 3.05) is 5.32 Å². The SMILES string of the molecule is CC(C)(C)c1cc(Nc2cc(-c3ncncn3)cc(C(C)(C)C)c2)cc(-c2ncncn2)c1. The smallest absolute Gasteiger partial charge is 0.162 e. The average Bonchev–Trinajstić information content (AvgIpc) is 2.79. The molecule has 7 nitrogen and oxygen atoms in total. The van der Waals surface area contributed by atoms with Crippen LogP contribution in [0.5, 0.6) is 0 Å². The molecule has 33 heavy (non-hydrogen) atoms. The minimum absolute atomic E-state index is 0.0389. The molecule has 0 amide bonds. The minimum Gasteiger partial charge on any atom is -0.355 e. The van der Waals surface area contributed by atoms with Crippen molar-refractivity contribution in [2.24, 2.45) is 0 Å². The van der Waals surface area contributed by atoms with Gasteiger partial charge in [-0.05, 0) is 58.4 Å². The average molecular weight is 440 g/mol. The van der Waals surface area contributed by atoms with Gasteiger partial charge in [0.2, 0.25) is 0 Å². The number of hydrogen-bond donors (Lipinski definition) is 1. The van der Waals surface area contributed by atoms with Gasteiger partial charge in [-0.25, -0.2) is 29.9 Å². The predicted molar refractivity (Wildman–Crippen MR) is 131 cm³/mol. The Labute approximate surface area is 194 Å². The van der Waals surface area contributed by atoms with E-state index in [1.54, 1.807) is 0 Å². The lowest BCUT2D eigenvalue weighted by atomic mass is 9.85. The van der Waals surface area contributed by atoms with Crippen LogP contribution in [0.2, 0.25) is 0 Å². The summed E-state index contributed by atoms with van der Waals surface area (Å²) in [6.07, 6.45) is 6.08. The summed E-state index contributed by atoms with van der Waals surface area (Å²) < 4.78 is 0. The molecule has 7 heteroatoms. The van der Waals surface area contributed by atoms with E-state index in [0.717, 1.165) is 22.5 Å². The van der Waals surface area contributed by atoms with Crippen LogP contribution < -0.4 is 5.32 Å². The summed E-state index contributed by atoms with van der Waals surface area (Å²) in [4.78, 5) is 25.3. The Hall–Kier alpha value is -3.74. The summed E-state index contributed by atoms with van der Waals surface area (Å²) in [7, 11) is 0. The molecular weight excluding hydrogens is 410 g/mol. The molecule has 0 aliphatic rings. The predicted octanol–water partition coefficient (Wildman–Crippen LogP) is 5.73. The van der Waals surface area contributed by atoms with E-state index < -0.39 is 0 Å². The van der Waals surface area contributed by atoms with Gasteiger partial charge in [-0.1, -0.05) is 41.5 Å². The lowest BCUT2D eigenvalue weighted by Gasteiger charge is -2.23. The fraction of sp³-hybridized carbons (Fsp3) is 0.308. The molecule has 0 aliphatic heterocycles. The van der Waals surface area contributed by atoms with Gasteiger partial charge in [0.1, 0.15) is 25.3 Å². The molecule has 1 N–H and O–H groups in total. The first-order valence-electron chi connectivity index (χ1n) is 10.9. The van der Waals surface area contributed by atoms with E-state index in [4.69, 9.17) is 0 Å². The monoisotopic (exact) mass is 439 g/mol. The normalized spacial score (nSPS) is 11.9. The maximum Gasteiger partial charge on any atom is 0.162 e. The summed E-state index contributed by atoms with van der Waals surface area (Å²) in [5.74, 6) is 1.29. The van der Waals surface area contributed by atoms with Gasteiger partial charge >= 0.3 is 0 Å². The highest BCUT2D eigenvalue weighted by Crippen LogP contribution is 2.34. The number of nitrogens with zero attached hydrogens (tertiary/aromatic N) is 6. The molecular formula is C26H29N7. The topological polar surface area (TPSA) is 89.4 Å². The van der Waals surface area contributed by atoms with Crippen LogP contribution in [0.1, 0.15) is 52.7 Å². The molecule has 2 aromatic carbocycles. The molecule has 2 aromatic heterocycles. The van der Waals surface area contributed by atoms with Crippen LogP contribution in [0.4, 0.5) is 11.4 Å². The largest absolute Gasteiger partial charge is 0.355 e. The highest BCUT2D eigenvalue weighted by Gasteiger charge is 2.19. The lowest BCUT2D eigenvalue weighted by Crippen LogP contribution is -2.13.